The molecule has 4 rings (SSSR count). The van der Waals surface area contributed by atoms with Crippen molar-refractivity contribution < 1.29 is 9.59 Å². The van der Waals surface area contributed by atoms with Crippen LogP contribution in [0.1, 0.15) is 28.1 Å². The second-order valence-electron chi connectivity index (χ2n) is 7.91. The zero-order chi connectivity index (χ0) is 20.4. The Hall–Kier alpha value is -2.38. The fraction of sp³-hybridized carbons (Fsp3) is 0.455. The van der Waals surface area contributed by atoms with Crippen molar-refractivity contribution in [2.75, 3.05) is 50.0 Å². The van der Waals surface area contributed by atoms with E-state index in [1.807, 2.05) is 30.5 Å². The summed E-state index contributed by atoms with van der Waals surface area (Å²) in [5.41, 5.74) is 3.07. The minimum Gasteiger partial charge on any atom is -0.369 e. The summed E-state index contributed by atoms with van der Waals surface area (Å²) in [6.45, 7) is 6.82. The minimum absolute atomic E-state index is 0.0419. The molecule has 2 saturated heterocycles. The summed E-state index contributed by atoms with van der Waals surface area (Å²) in [5.74, 6) is -0.136. The summed E-state index contributed by atoms with van der Waals surface area (Å²) < 4.78 is 0. The molecular formula is C22H28N4O2S. The Balaban J connectivity index is 1.43. The van der Waals surface area contributed by atoms with E-state index in [0.717, 1.165) is 43.9 Å². The highest BCUT2D eigenvalue weighted by Crippen LogP contribution is 2.26. The Labute approximate surface area is 176 Å². The van der Waals surface area contributed by atoms with E-state index in [1.165, 1.54) is 17.0 Å². The van der Waals surface area contributed by atoms with Gasteiger partial charge in [0.2, 0.25) is 5.91 Å². The number of likely N-dealkylation sites (N-methyl/N-ethyl adjacent to an activating group) is 1. The van der Waals surface area contributed by atoms with E-state index < -0.39 is 6.04 Å². The lowest BCUT2D eigenvalue weighted by atomic mass is 10.1. The zero-order valence-electron chi connectivity index (χ0n) is 17.1. The third kappa shape index (κ3) is 4.31. The average molecular weight is 413 g/mol. The van der Waals surface area contributed by atoms with Gasteiger partial charge in [-0.05, 0) is 62.0 Å². The highest BCUT2D eigenvalue weighted by atomic mass is 32.1. The standard InChI is InChI=1S/C22H28N4O2S/c1-16-15-17(25-12-10-24(2)11-13-25)7-8-18(16)23-21(27)19-5-3-9-26(19)22(28)20-6-4-14-29-20/h4,6-8,14-15,19H,3,5,9-13H2,1-2H3,(H,23,27)/t19-/m0/s1. The van der Waals surface area contributed by atoms with E-state index in [2.05, 4.69) is 34.3 Å². The first kappa shape index (κ1) is 19.9. The Morgan fingerprint density at radius 1 is 1.10 bits per heavy atom. The fourth-order valence-corrected chi connectivity index (χ4v) is 4.77. The zero-order valence-corrected chi connectivity index (χ0v) is 17.9. The van der Waals surface area contributed by atoms with Gasteiger partial charge in [0.05, 0.1) is 4.88 Å². The third-order valence-electron chi connectivity index (χ3n) is 5.88. The molecule has 2 amide bonds. The van der Waals surface area contributed by atoms with Gasteiger partial charge < -0.3 is 20.0 Å². The van der Waals surface area contributed by atoms with Gasteiger partial charge in [-0.1, -0.05) is 6.07 Å². The maximum Gasteiger partial charge on any atom is 0.264 e. The quantitative estimate of drug-likeness (QED) is 0.839. The highest BCUT2D eigenvalue weighted by Gasteiger charge is 2.35. The van der Waals surface area contributed by atoms with Crippen molar-refractivity contribution in [3.05, 3.63) is 46.2 Å². The molecule has 1 atom stereocenters. The number of thiophene rings is 1. The van der Waals surface area contributed by atoms with Gasteiger partial charge in [-0.2, -0.15) is 0 Å². The summed E-state index contributed by atoms with van der Waals surface area (Å²) in [5, 5.41) is 4.96. The highest BCUT2D eigenvalue weighted by molar-refractivity contribution is 7.12. The molecule has 0 spiro atoms. The first-order valence-corrected chi connectivity index (χ1v) is 11.1. The van der Waals surface area contributed by atoms with E-state index in [9.17, 15) is 9.59 Å². The predicted molar refractivity (Wildman–Crippen MR) is 118 cm³/mol. The maximum absolute atomic E-state index is 13.0. The molecule has 29 heavy (non-hydrogen) atoms. The molecule has 3 heterocycles. The van der Waals surface area contributed by atoms with Crippen LogP contribution in [0.5, 0.6) is 0 Å². The van der Waals surface area contributed by atoms with Crippen LogP contribution in [0.3, 0.4) is 0 Å². The van der Waals surface area contributed by atoms with E-state index in [1.54, 1.807) is 4.90 Å². The van der Waals surface area contributed by atoms with Gasteiger partial charge in [0.1, 0.15) is 6.04 Å². The molecule has 0 radical (unpaired) electrons. The van der Waals surface area contributed by atoms with Crippen LogP contribution in [-0.4, -0.2) is 67.4 Å². The van der Waals surface area contributed by atoms with Gasteiger partial charge in [0.15, 0.2) is 0 Å². The number of amides is 2. The van der Waals surface area contributed by atoms with E-state index in [-0.39, 0.29) is 11.8 Å². The first-order chi connectivity index (χ1) is 14.0. The van der Waals surface area contributed by atoms with Gasteiger partial charge >= 0.3 is 0 Å². The number of carbonyl (C=O) groups is 2. The van der Waals surface area contributed by atoms with Gasteiger partial charge in [0, 0.05) is 44.1 Å². The van der Waals surface area contributed by atoms with Crippen LogP contribution in [0.25, 0.3) is 0 Å². The fourth-order valence-electron chi connectivity index (χ4n) is 4.09. The molecule has 2 aliphatic rings. The molecule has 1 aromatic carbocycles. The molecule has 154 valence electrons. The van der Waals surface area contributed by atoms with Gasteiger partial charge in [-0.25, -0.2) is 0 Å². The van der Waals surface area contributed by atoms with Crippen LogP contribution in [0, 0.1) is 6.92 Å². The molecule has 0 aliphatic carbocycles. The van der Waals surface area contributed by atoms with E-state index in [0.29, 0.717) is 17.8 Å². The van der Waals surface area contributed by atoms with Crippen LogP contribution in [-0.2, 0) is 4.79 Å². The summed E-state index contributed by atoms with van der Waals surface area (Å²) in [6, 6.07) is 9.50. The molecule has 6 nitrogen and oxygen atoms in total. The molecule has 0 unspecified atom stereocenters. The second-order valence-corrected chi connectivity index (χ2v) is 8.86. The average Bonchev–Trinajstić information content (AvgIpc) is 3.42. The number of likely N-dealkylation sites (tertiary alicyclic amines) is 1. The number of nitrogens with one attached hydrogen (secondary N) is 1. The Morgan fingerprint density at radius 2 is 1.90 bits per heavy atom. The number of hydrogen-bond acceptors (Lipinski definition) is 5. The van der Waals surface area contributed by atoms with E-state index >= 15 is 0 Å². The van der Waals surface area contributed by atoms with Crippen molar-refractivity contribution in [3.63, 3.8) is 0 Å². The van der Waals surface area contributed by atoms with Gasteiger partial charge in [0.25, 0.3) is 5.91 Å². The van der Waals surface area contributed by atoms with Crippen LogP contribution in [0.2, 0.25) is 0 Å². The Kier molecular flexibility index (Phi) is 5.87. The summed E-state index contributed by atoms with van der Waals surface area (Å²) >= 11 is 1.42. The number of piperazine rings is 1. The number of carbonyl (C=O) groups excluding carboxylic acids is 2. The van der Waals surface area contributed by atoms with Crippen LogP contribution in [0.15, 0.2) is 35.7 Å². The normalized spacial score (nSPS) is 20.1. The number of rotatable bonds is 4. The van der Waals surface area contributed by atoms with Gasteiger partial charge in [-0.3, -0.25) is 9.59 Å². The monoisotopic (exact) mass is 412 g/mol. The maximum atomic E-state index is 13.0. The molecule has 0 saturated carbocycles. The smallest absolute Gasteiger partial charge is 0.264 e. The molecule has 1 N–H and O–H groups in total. The largest absolute Gasteiger partial charge is 0.369 e. The lowest BCUT2D eigenvalue weighted by Gasteiger charge is -2.34. The molecule has 7 heteroatoms. The van der Waals surface area contributed by atoms with Crippen molar-refractivity contribution in [1.82, 2.24) is 9.80 Å². The summed E-state index contributed by atoms with van der Waals surface area (Å²) in [7, 11) is 2.15. The number of anilines is 2. The third-order valence-corrected chi connectivity index (χ3v) is 6.74. The van der Waals surface area contributed by atoms with Crippen LogP contribution < -0.4 is 10.2 Å². The second kappa shape index (κ2) is 8.55. The molecule has 2 aromatic rings. The van der Waals surface area contributed by atoms with Crippen molar-refractivity contribution >= 4 is 34.5 Å². The molecular weight excluding hydrogens is 384 g/mol. The topological polar surface area (TPSA) is 55.9 Å². The van der Waals surface area contributed by atoms with Crippen molar-refractivity contribution in [3.8, 4) is 0 Å². The van der Waals surface area contributed by atoms with Crippen LogP contribution >= 0.6 is 11.3 Å². The number of hydrogen-bond donors (Lipinski definition) is 1. The Bertz CT molecular complexity index is 875. The van der Waals surface area contributed by atoms with Crippen molar-refractivity contribution in [2.45, 2.75) is 25.8 Å². The molecule has 2 aliphatic heterocycles. The van der Waals surface area contributed by atoms with E-state index in [4.69, 9.17) is 0 Å². The first-order valence-electron chi connectivity index (χ1n) is 10.2. The lowest BCUT2D eigenvalue weighted by Crippen LogP contribution is -2.44. The van der Waals surface area contributed by atoms with Crippen molar-refractivity contribution in [1.29, 1.82) is 0 Å². The summed E-state index contributed by atoms with van der Waals surface area (Å²) in [4.78, 5) is 32.8. The molecule has 0 bridgehead atoms. The van der Waals surface area contributed by atoms with Gasteiger partial charge in [-0.15, -0.1) is 11.3 Å². The van der Waals surface area contributed by atoms with Crippen LogP contribution in [0.4, 0.5) is 11.4 Å². The minimum atomic E-state index is -0.402. The van der Waals surface area contributed by atoms with Crippen molar-refractivity contribution in [2.24, 2.45) is 0 Å². The molecule has 2 fully saturated rings. The number of aryl methyl sites for hydroxylation is 1. The predicted octanol–water partition coefficient (Wildman–Crippen LogP) is 3.05. The SMILES string of the molecule is Cc1cc(N2CCN(C)CC2)ccc1NC(=O)[C@@H]1CCCN1C(=O)c1cccs1. The number of benzene rings is 1. The number of nitrogens with zero attached hydrogens (tertiary/aromatic N) is 3. The Morgan fingerprint density at radius 3 is 2.59 bits per heavy atom. The summed E-state index contributed by atoms with van der Waals surface area (Å²) in [6.07, 6.45) is 1.57. The lowest BCUT2D eigenvalue weighted by molar-refractivity contribution is -0.119. The molecule has 1 aromatic heterocycles.